The van der Waals surface area contributed by atoms with Crippen molar-refractivity contribution in [3.63, 3.8) is 0 Å². The third-order valence-corrected chi connectivity index (χ3v) is 5.33. The van der Waals surface area contributed by atoms with E-state index in [1.54, 1.807) is 26.8 Å². The Morgan fingerprint density at radius 1 is 1.32 bits per heavy atom. The van der Waals surface area contributed by atoms with Crippen LogP contribution in [0.5, 0.6) is 0 Å². The quantitative estimate of drug-likeness (QED) is 0.844. The molecule has 3 saturated carbocycles. The highest BCUT2D eigenvalue weighted by atomic mass is 35.5. The largest absolute Gasteiger partial charge is 0.480 e. The van der Waals surface area contributed by atoms with E-state index < -0.39 is 29.1 Å². The molecular formula is C18H21ClFNO4. The third-order valence-electron chi connectivity index (χ3n) is 5.09. The SMILES string of the molecule is CC(C)(C)OC(=O)NC(C(=O)O)C12CC(c3cc(Cl)ccc3F)(C1)C2. The predicted molar refractivity (Wildman–Crippen MR) is 90.2 cm³/mol. The minimum absolute atomic E-state index is 0.329. The maximum Gasteiger partial charge on any atom is 0.408 e. The second kappa shape index (κ2) is 5.59. The first-order valence-corrected chi connectivity index (χ1v) is 8.52. The zero-order valence-corrected chi connectivity index (χ0v) is 15.1. The Labute approximate surface area is 150 Å². The van der Waals surface area contributed by atoms with Gasteiger partial charge in [-0.15, -0.1) is 0 Å². The minimum atomic E-state index is -1.11. The second-order valence-corrected chi connectivity index (χ2v) is 8.65. The van der Waals surface area contributed by atoms with Crippen molar-refractivity contribution in [2.75, 3.05) is 0 Å². The summed E-state index contributed by atoms with van der Waals surface area (Å²) >= 11 is 5.96. The highest BCUT2D eigenvalue weighted by Crippen LogP contribution is 2.75. The van der Waals surface area contributed by atoms with Gasteiger partial charge in [0.25, 0.3) is 0 Å². The Kier molecular flexibility index (Phi) is 4.02. The summed E-state index contributed by atoms with van der Waals surface area (Å²) in [6.45, 7) is 5.13. The van der Waals surface area contributed by atoms with E-state index in [-0.39, 0.29) is 11.2 Å². The normalized spacial score (nSPS) is 28.4. The maximum atomic E-state index is 14.1. The number of benzene rings is 1. The summed E-state index contributed by atoms with van der Waals surface area (Å²) in [4.78, 5) is 23.6. The first kappa shape index (κ1) is 18.0. The second-order valence-electron chi connectivity index (χ2n) is 8.21. The number of alkyl carbamates (subject to hydrolysis) is 1. The lowest BCUT2D eigenvalue weighted by Gasteiger charge is -2.72. The number of carboxylic acid groups (broad SMARTS) is 1. The van der Waals surface area contributed by atoms with Crippen molar-refractivity contribution in [3.8, 4) is 0 Å². The number of ether oxygens (including phenoxy) is 1. The topological polar surface area (TPSA) is 75.6 Å². The maximum absolute atomic E-state index is 14.1. The molecule has 0 heterocycles. The lowest BCUT2D eigenvalue weighted by molar-refractivity contribution is -0.184. The van der Waals surface area contributed by atoms with E-state index in [4.69, 9.17) is 16.3 Å². The number of hydrogen-bond donors (Lipinski definition) is 2. The van der Waals surface area contributed by atoms with Crippen molar-refractivity contribution in [3.05, 3.63) is 34.6 Å². The standard InChI is InChI=1S/C18H21ClFNO4/c1-16(2,3)25-15(24)21-13(14(22)23)18-7-17(8-18,9-18)11-6-10(19)4-5-12(11)20/h4-6,13H,7-9H2,1-3H3,(H,21,24)(H,22,23). The molecule has 0 radical (unpaired) electrons. The van der Waals surface area contributed by atoms with Crippen LogP contribution >= 0.6 is 11.6 Å². The molecule has 0 saturated heterocycles. The van der Waals surface area contributed by atoms with E-state index in [0.29, 0.717) is 29.8 Å². The summed E-state index contributed by atoms with van der Waals surface area (Å²) in [5, 5.41) is 12.5. The summed E-state index contributed by atoms with van der Waals surface area (Å²) in [7, 11) is 0. The lowest BCUT2D eigenvalue weighted by Crippen LogP contribution is -2.73. The molecule has 2 N–H and O–H groups in total. The van der Waals surface area contributed by atoms with Crippen LogP contribution in [0.2, 0.25) is 5.02 Å². The highest BCUT2D eigenvalue weighted by Gasteiger charge is 2.73. The first-order valence-electron chi connectivity index (χ1n) is 8.14. The smallest absolute Gasteiger partial charge is 0.408 e. The Hall–Kier alpha value is -1.82. The van der Waals surface area contributed by atoms with Crippen molar-refractivity contribution in [1.29, 1.82) is 0 Å². The van der Waals surface area contributed by atoms with E-state index in [0.717, 1.165) is 0 Å². The van der Waals surface area contributed by atoms with Crippen LogP contribution in [0, 0.1) is 11.2 Å². The molecule has 5 nitrogen and oxygen atoms in total. The van der Waals surface area contributed by atoms with Gasteiger partial charge < -0.3 is 15.2 Å². The molecule has 1 aromatic carbocycles. The summed E-state index contributed by atoms with van der Waals surface area (Å²) in [5.74, 6) is -1.43. The van der Waals surface area contributed by atoms with Gasteiger partial charge in [-0.2, -0.15) is 0 Å². The molecule has 0 aromatic heterocycles. The van der Waals surface area contributed by atoms with Crippen molar-refractivity contribution >= 4 is 23.7 Å². The molecule has 2 bridgehead atoms. The number of rotatable bonds is 4. The molecule has 0 spiro atoms. The molecule has 3 aliphatic carbocycles. The summed E-state index contributed by atoms with van der Waals surface area (Å²) in [5.41, 5.74) is -1.11. The van der Waals surface area contributed by atoms with E-state index in [9.17, 15) is 19.1 Å². The average molecular weight is 370 g/mol. The van der Waals surface area contributed by atoms with Crippen molar-refractivity contribution < 1.29 is 23.8 Å². The highest BCUT2D eigenvalue weighted by molar-refractivity contribution is 6.30. The number of carbonyl (C=O) groups excluding carboxylic acids is 1. The Bertz CT molecular complexity index is 723. The molecule has 1 unspecified atom stereocenters. The molecule has 25 heavy (non-hydrogen) atoms. The van der Waals surface area contributed by atoms with E-state index >= 15 is 0 Å². The molecule has 7 heteroatoms. The van der Waals surface area contributed by atoms with Gasteiger partial charge in [0, 0.05) is 15.9 Å². The van der Waals surface area contributed by atoms with Crippen LogP contribution < -0.4 is 5.32 Å². The van der Waals surface area contributed by atoms with Crippen molar-refractivity contribution in [1.82, 2.24) is 5.32 Å². The fourth-order valence-electron chi connectivity index (χ4n) is 4.26. The zero-order valence-electron chi connectivity index (χ0n) is 14.4. The van der Waals surface area contributed by atoms with Crippen LogP contribution in [0.15, 0.2) is 18.2 Å². The Morgan fingerprint density at radius 3 is 2.44 bits per heavy atom. The van der Waals surface area contributed by atoms with Gasteiger partial charge >= 0.3 is 12.1 Å². The van der Waals surface area contributed by atoms with Gasteiger partial charge in [-0.25, -0.2) is 14.0 Å². The van der Waals surface area contributed by atoms with Crippen LogP contribution in [0.25, 0.3) is 0 Å². The molecule has 1 amide bonds. The molecule has 3 aliphatic rings. The first-order chi connectivity index (χ1) is 11.5. The van der Waals surface area contributed by atoms with Gasteiger partial charge in [0.05, 0.1) is 0 Å². The number of halogens is 2. The van der Waals surface area contributed by atoms with Gasteiger partial charge in [-0.05, 0) is 63.8 Å². The van der Waals surface area contributed by atoms with Crippen molar-refractivity contribution in [2.24, 2.45) is 5.41 Å². The fourth-order valence-corrected chi connectivity index (χ4v) is 4.44. The number of carboxylic acids is 1. The number of carbonyl (C=O) groups is 2. The van der Waals surface area contributed by atoms with E-state index in [1.165, 1.54) is 12.1 Å². The van der Waals surface area contributed by atoms with Gasteiger partial charge in [-0.1, -0.05) is 11.6 Å². The molecule has 0 aliphatic heterocycles. The van der Waals surface area contributed by atoms with Gasteiger partial charge in [0.1, 0.15) is 17.5 Å². The number of nitrogens with one attached hydrogen (secondary N) is 1. The minimum Gasteiger partial charge on any atom is -0.480 e. The molecule has 4 rings (SSSR count). The fraction of sp³-hybridized carbons (Fsp3) is 0.556. The monoisotopic (exact) mass is 369 g/mol. The van der Waals surface area contributed by atoms with E-state index in [2.05, 4.69) is 5.32 Å². The molecule has 1 atom stereocenters. The van der Waals surface area contributed by atoms with Gasteiger partial charge in [-0.3, -0.25) is 0 Å². The van der Waals surface area contributed by atoms with E-state index in [1.807, 2.05) is 0 Å². The van der Waals surface area contributed by atoms with Gasteiger partial charge in [0.2, 0.25) is 0 Å². The zero-order chi connectivity index (χ0) is 18.6. The van der Waals surface area contributed by atoms with Crippen LogP contribution in [-0.2, 0) is 14.9 Å². The number of amides is 1. The van der Waals surface area contributed by atoms with Crippen LogP contribution in [0.1, 0.15) is 45.6 Å². The molecule has 3 fully saturated rings. The Balaban J connectivity index is 1.72. The lowest BCUT2D eigenvalue weighted by atomic mass is 9.31. The molecular weight excluding hydrogens is 349 g/mol. The molecule has 136 valence electrons. The summed E-state index contributed by atoms with van der Waals surface area (Å²) in [6.07, 6.45) is 0.755. The average Bonchev–Trinajstić information content (AvgIpc) is 2.36. The summed E-state index contributed by atoms with van der Waals surface area (Å²) in [6, 6.07) is 3.38. The Morgan fingerprint density at radius 2 is 1.92 bits per heavy atom. The van der Waals surface area contributed by atoms with Crippen molar-refractivity contribution in [2.45, 2.75) is 57.1 Å². The number of aliphatic carboxylic acids is 1. The summed E-state index contributed by atoms with van der Waals surface area (Å²) < 4.78 is 19.3. The van der Waals surface area contributed by atoms with Gasteiger partial charge in [0.15, 0.2) is 0 Å². The number of hydrogen-bond acceptors (Lipinski definition) is 3. The molecule has 1 aromatic rings. The van der Waals surface area contributed by atoms with Crippen LogP contribution in [0.4, 0.5) is 9.18 Å². The predicted octanol–water partition coefficient (Wildman–Crippen LogP) is 3.88. The van der Waals surface area contributed by atoms with Crippen LogP contribution in [-0.4, -0.2) is 28.8 Å². The third kappa shape index (κ3) is 3.08. The van der Waals surface area contributed by atoms with Crippen LogP contribution in [0.3, 0.4) is 0 Å².